The molecule has 0 saturated heterocycles. The second-order valence-electron chi connectivity index (χ2n) is 10.1. The van der Waals surface area contributed by atoms with E-state index in [-0.39, 0.29) is 0 Å². The largest absolute Gasteiger partial charge is 0.0622 e. The predicted molar refractivity (Wildman–Crippen MR) is 165 cm³/mol. The van der Waals surface area contributed by atoms with Crippen LogP contribution in [0.15, 0.2) is 146 Å². The molecule has 0 nitrogen and oxygen atoms in total. The van der Waals surface area contributed by atoms with Crippen molar-refractivity contribution < 1.29 is 0 Å². The Labute approximate surface area is 221 Å². The molecule has 0 spiro atoms. The standard InChI is InChI=1S/C38H24/c1-2-13-26(14-3-1)36-30-18-8-10-20-32(30)38(33-21-11-9-19-31(33)36)37-29-17-7-5-15-27(29)24-35-28-16-6-4-12-25(28)22-23-34(35)37/h1-24H. The van der Waals surface area contributed by atoms with E-state index in [1.807, 2.05) is 0 Å². The van der Waals surface area contributed by atoms with E-state index in [1.165, 1.54) is 76.1 Å². The van der Waals surface area contributed by atoms with E-state index in [9.17, 15) is 0 Å². The SMILES string of the molecule is c1ccc(-c2c3ccccc3c(-c3c4ccccc4cc4c3ccc3ccccc34)c3ccccc23)cc1. The van der Waals surface area contributed by atoms with Gasteiger partial charge in [0.2, 0.25) is 0 Å². The highest BCUT2D eigenvalue weighted by molar-refractivity contribution is 6.29. The molecule has 38 heavy (non-hydrogen) atoms. The van der Waals surface area contributed by atoms with Crippen molar-refractivity contribution >= 4 is 53.9 Å². The van der Waals surface area contributed by atoms with Crippen molar-refractivity contribution in [2.75, 3.05) is 0 Å². The summed E-state index contributed by atoms with van der Waals surface area (Å²) in [6.07, 6.45) is 0. The lowest BCUT2D eigenvalue weighted by molar-refractivity contribution is 1.67. The van der Waals surface area contributed by atoms with Gasteiger partial charge in [-0.15, -0.1) is 0 Å². The monoisotopic (exact) mass is 480 g/mol. The third-order valence-corrected chi connectivity index (χ3v) is 8.01. The molecule has 0 amide bonds. The number of hydrogen-bond donors (Lipinski definition) is 0. The molecule has 8 aromatic rings. The molecule has 8 aromatic carbocycles. The Hall–Kier alpha value is -4.94. The van der Waals surface area contributed by atoms with Crippen molar-refractivity contribution in [1.82, 2.24) is 0 Å². The molecule has 8 rings (SSSR count). The second kappa shape index (κ2) is 8.30. The predicted octanol–water partition coefficient (Wildman–Crippen LogP) is 10.8. The quantitative estimate of drug-likeness (QED) is 0.170. The van der Waals surface area contributed by atoms with Crippen LogP contribution in [0.2, 0.25) is 0 Å². The normalized spacial score (nSPS) is 11.7. The maximum Gasteiger partial charge on any atom is -0.00139 e. The van der Waals surface area contributed by atoms with Crippen molar-refractivity contribution in [3.05, 3.63) is 146 Å². The van der Waals surface area contributed by atoms with Crippen LogP contribution in [-0.2, 0) is 0 Å². The lowest BCUT2D eigenvalue weighted by atomic mass is 9.82. The van der Waals surface area contributed by atoms with Crippen LogP contribution in [0.5, 0.6) is 0 Å². The van der Waals surface area contributed by atoms with Crippen LogP contribution in [0, 0.1) is 0 Å². The van der Waals surface area contributed by atoms with Gasteiger partial charge in [-0.3, -0.25) is 0 Å². The lowest BCUT2D eigenvalue weighted by Crippen LogP contribution is -1.93. The van der Waals surface area contributed by atoms with E-state index in [4.69, 9.17) is 0 Å². The minimum Gasteiger partial charge on any atom is -0.0622 e. The highest BCUT2D eigenvalue weighted by Crippen LogP contribution is 2.48. The molecule has 0 aliphatic carbocycles. The second-order valence-corrected chi connectivity index (χ2v) is 10.1. The Bertz CT molecular complexity index is 2110. The topological polar surface area (TPSA) is 0 Å². The fraction of sp³-hybridized carbons (Fsp3) is 0. The molecule has 0 heterocycles. The van der Waals surface area contributed by atoms with Crippen molar-refractivity contribution in [3.8, 4) is 22.3 Å². The van der Waals surface area contributed by atoms with Crippen molar-refractivity contribution in [1.29, 1.82) is 0 Å². The number of fused-ring (bicyclic) bond motifs is 6. The first-order valence-corrected chi connectivity index (χ1v) is 13.2. The maximum absolute atomic E-state index is 2.37. The van der Waals surface area contributed by atoms with Gasteiger partial charge in [-0.25, -0.2) is 0 Å². The molecule has 0 fully saturated rings. The van der Waals surface area contributed by atoms with E-state index >= 15 is 0 Å². The molecule has 0 aromatic heterocycles. The summed E-state index contributed by atoms with van der Waals surface area (Å²) in [5.41, 5.74) is 5.18. The first kappa shape index (κ1) is 21.2. The maximum atomic E-state index is 2.37. The van der Waals surface area contributed by atoms with Gasteiger partial charge in [0.05, 0.1) is 0 Å². The summed E-state index contributed by atoms with van der Waals surface area (Å²) in [5.74, 6) is 0. The van der Waals surface area contributed by atoms with Gasteiger partial charge < -0.3 is 0 Å². The van der Waals surface area contributed by atoms with E-state index < -0.39 is 0 Å². The minimum absolute atomic E-state index is 1.25. The third kappa shape index (κ3) is 3.04. The van der Waals surface area contributed by atoms with Crippen LogP contribution < -0.4 is 0 Å². The Morgan fingerprint density at radius 2 is 0.684 bits per heavy atom. The zero-order chi connectivity index (χ0) is 25.1. The molecule has 0 atom stereocenters. The van der Waals surface area contributed by atoms with Crippen molar-refractivity contribution in [2.24, 2.45) is 0 Å². The van der Waals surface area contributed by atoms with Gasteiger partial charge in [0.1, 0.15) is 0 Å². The average Bonchev–Trinajstić information content (AvgIpc) is 2.99. The summed E-state index contributed by atoms with van der Waals surface area (Å²) in [6.45, 7) is 0. The molecular weight excluding hydrogens is 456 g/mol. The lowest BCUT2D eigenvalue weighted by Gasteiger charge is -2.20. The van der Waals surface area contributed by atoms with Gasteiger partial charge in [-0.2, -0.15) is 0 Å². The third-order valence-electron chi connectivity index (χ3n) is 8.01. The summed E-state index contributed by atoms with van der Waals surface area (Å²) in [6, 6.07) is 53.3. The first-order chi connectivity index (χ1) is 18.9. The Balaban J connectivity index is 1.64. The van der Waals surface area contributed by atoms with Crippen LogP contribution in [-0.4, -0.2) is 0 Å². The number of hydrogen-bond acceptors (Lipinski definition) is 0. The van der Waals surface area contributed by atoms with Crippen LogP contribution in [0.25, 0.3) is 76.1 Å². The molecular formula is C38H24. The zero-order valence-electron chi connectivity index (χ0n) is 20.9. The minimum atomic E-state index is 1.25. The van der Waals surface area contributed by atoms with E-state index in [1.54, 1.807) is 0 Å². The number of benzene rings is 8. The Morgan fingerprint density at radius 3 is 1.34 bits per heavy atom. The van der Waals surface area contributed by atoms with E-state index in [0.29, 0.717) is 0 Å². The molecule has 176 valence electrons. The van der Waals surface area contributed by atoms with Crippen molar-refractivity contribution in [2.45, 2.75) is 0 Å². The van der Waals surface area contributed by atoms with E-state index in [0.717, 1.165) is 0 Å². The first-order valence-electron chi connectivity index (χ1n) is 13.2. The molecule has 0 unspecified atom stereocenters. The van der Waals surface area contributed by atoms with E-state index in [2.05, 4.69) is 146 Å². The van der Waals surface area contributed by atoms with Gasteiger partial charge in [-0.05, 0) is 82.2 Å². The fourth-order valence-electron chi connectivity index (χ4n) is 6.40. The van der Waals surface area contributed by atoms with Crippen molar-refractivity contribution in [3.63, 3.8) is 0 Å². The van der Waals surface area contributed by atoms with Gasteiger partial charge in [0.15, 0.2) is 0 Å². The zero-order valence-corrected chi connectivity index (χ0v) is 20.9. The molecule has 0 heteroatoms. The molecule has 0 N–H and O–H groups in total. The summed E-state index contributed by atoms with van der Waals surface area (Å²) in [5, 5.41) is 12.9. The molecule has 0 radical (unpaired) electrons. The van der Waals surface area contributed by atoms with Gasteiger partial charge >= 0.3 is 0 Å². The van der Waals surface area contributed by atoms with Crippen LogP contribution in [0.3, 0.4) is 0 Å². The average molecular weight is 481 g/mol. The Morgan fingerprint density at radius 1 is 0.237 bits per heavy atom. The molecule has 0 aliphatic rings. The molecule has 0 saturated carbocycles. The highest BCUT2D eigenvalue weighted by atomic mass is 14.2. The van der Waals surface area contributed by atoms with Gasteiger partial charge in [-0.1, -0.05) is 140 Å². The summed E-state index contributed by atoms with van der Waals surface area (Å²) in [4.78, 5) is 0. The van der Waals surface area contributed by atoms with Gasteiger partial charge in [0, 0.05) is 0 Å². The summed E-state index contributed by atoms with van der Waals surface area (Å²) < 4.78 is 0. The van der Waals surface area contributed by atoms with Crippen LogP contribution in [0.1, 0.15) is 0 Å². The number of rotatable bonds is 2. The fourth-order valence-corrected chi connectivity index (χ4v) is 6.40. The van der Waals surface area contributed by atoms with Crippen LogP contribution >= 0.6 is 0 Å². The summed E-state index contributed by atoms with van der Waals surface area (Å²) in [7, 11) is 0. The summed E-state index contributed by atoms with van der Waals surface area (Å²) >= 11 is 0. The molecule has 0 aliphatic heterocycles. The Kier molecular flexibility index (Phi) is 4.62. The highest BCUT2D eigenvalue weighted by Gasteiger charge is 2.20. The molecule has 0 bridgehead atoms. The van der Waals surface area contributed by atoms with Crippen LogP contribution in [0.4, 0.5) is 0 Å². The smallest absolute Gasteiger partial charge is 0.00139 e. The van der Waals surface area contributed by atoms with Gasteiger partial charge in [0.25, 0.3) is 0 Å².